The van der Waals surface area contributed by atoms with Crippen LogP contribution in [0.15, 0.2) is 12.3 Å². The van der Waals surface area contributed by atoms with Gasteiger partial charge in [-0.1, -0.05) is 11.8 Å². The molecule has 0 saturated carbocycles. The lowest BCUT2D eigenvalue weighted by atomic mass is 10.2. The van der Waals surface area contributed by atoms with Gasteiger partial charge in [0.25, 0.3) is 0 Å². The van der Waals surface area contributed by atoms with E-state index in [-0.39, 0.29) is 12.3 Å². The predicted molar refractivity (Wildman–Crippen MR) is 47.5 cm³/mol. The van der Waals surface area contributed by atoms with Gasteiger partial charge in [0, 0.05) is 18.2 Å². The molecule has 1 rings (SSSR count). The van der Waals surface area contributed by atoms with Gasteiger partial charge in [0.2, 0.25) is 0 Å². The third-order valence-electron chi connectivity index (χ3n) is 1.42. The maximum atomic E-state index is 13.0. The Labute approximate surface area is 80.8 Å². The second-order valence-corrected chi connectivity index (χ2v) is 2.44. The van der Waals surface area contributed by atoms with Gasteiger partial charge in [-0.2, -0.15) is 5.26 Å². The van der Waals surface area contributed by atoms with E-state index in [1.54, 1.807) is 6.07 Å². The third kappa shape index (κ3) is 2.55. The molecule has 0 aliphatic carbocycles. The number of aliphatic hydroxyl groups is 1. The summed E-state index contributed by atoms with van der Waals surface area (Å²) in [4.78, 5) is 3.57. The van der Waals surface area contributed by atoms with Crippen LogP contribution in [-0.4, -0.2) is 16.7 Å². The third-order valence-corrected chi connectivity index (χ3v) is 1.42. The Morgan fingerprint density at radius 2 is 2.36 bits per heavy atom. The standard InChI is InChI=1S/C10H7FN2O/c11-9-5-8(3-1-2-4-14)7-13-10(9)6-12/h5,7,14H,2,4H2. The smallest absolute Gasteiger partial charge is 0.176 e. The molecule has 3 nitrogen and oxygen atoms in total. The molecule has 70 valence electrons. The topological polar surface area (TPSA) is 56.9 Å². The van der Waals surface area contributed by atoms with Crippen molar-refractivity contribution in [1.29, 1.82) is 5.26 Å². The molecule has 0 aliphatic heterocycles. The van der Waals surface area contributed by atoms with E-state index in [4.69, 9.17) is 10.4 Å². The van der Waals surface area contributed by atoms with Crippen LogP contribution in [0.25, 0.3) is 0 Å². The lowest BCUT2D eigenvalue weighted by Gasteiger charge is -1.92. The summed E-state index contributed by atoms with van der Waals surface area (Å²) in [5.41, 5.74) is 0.160. The zero-order chi connectivity index (χ0) is 10.4. The number of aromatic nitrogens is 1. The molecular weight excluding hydrogens is 183 g/mol. The molecule has 0 fully saturated rings. The Morgan fingerprint density at radius 3 is 2.93 bits per heavy atom. The highest BCUT2D eigenvalue weighted by Gasteiger charge is 2.01. The largest absolute Gasteiger partial charge is 0.395 e. The fourth-order valence-electron chi connectivity index (χ4n) is 0.809. The summed E-state index contributed by atoms with van der Waals surface area (Å²) in [5, 5.41) is 16.8. The fourth-order valence-corrected chi connectivity index (χ4v) is 0.809. The summed E-state index contributed by atoms with van der Waals surface area (Å²) in [7, 11) is 0. The van der Waals surface area contributed by atoms with Crippen LogP contribution >= 0.6 is 0 Å². The molecule has 1 heterocycles. The summed E-state index contributed by atoms with van der Waals surface area (Å²) in [5.74, 6) is 4.56. The number of hydrogen-bond donors (Lipinski definition) is 1. The van der Waals surface area contributed by atoms with E-state index in [1.807, 2.05) is 0 Å². The summed E-state index contributed by atoms with van der Waals surface area (Å²) >= 11 is 0. The Morgan fingerprint density at radius 1 is 1.57 bits per heavy atom. The van der Waals surface area contributed by atoms with Gasteiger partial charge in [-0.3, -0.25) is 0 Å². The van der Waals surface area contributed by atoms with Gasteiger partial charge in [0.1, 0.15) is 6.07 Å². The number of nitriles is 1. The van der Waals surface area contributed by atoms with Crippen molar-refractivity contribution in [3.05, 3.63) is 29.3 Å². The molecule has 0 radical (unpaired) electrons. The van der Waals surface area contributed by atoms with Gasteiger partial charge in [-0.25, -0.2) is 9.37 Å². The number of nitrogens with zero attached hydrogens (tertiary/aromatic N) is 2. The van der Waals surface area contributed by atoms with Crippen molar-refractivity contribution in [2.45, 2.75) is 6.42 Å². The Hall–Kier alpha value is -1.91. The van der Waals surface area contributed by atoms with Crippen molar-refractivity contribution >= 4 is 0 Å². The van der Waals surface area contributed by atoms with E-state index >= 15 is 0 Å². The minimum Gasteiger partial charge on any atom is -0.395 e. The van der Waals surface area contributed by atoms with Crippen molar-refractivity contribution in [1.82, 2.24) is 4.98 Å². The molecule has 0 amide bonds. The van der Waals surface area contributed by atoms with Gasteiger partial charge >= 0.3 is 0 Å². The van der Waals surface area contributed by atoms with Crippen molar-refractivity contribution < 1.29 is 9.50 Å². The Kier molecular flexibility index (Phi) is 3.60. The number of aliphatic hydroxyl groups excluding tert-OH is 1. The van der Waals surface area contributed by atoms with E-state index < -0.39 is 5.82 Å². The summed E-state index contributed by atoms with van der Waals surface area (Å²) in [6, 6.07) is 2.76. The zero-order valence-electron chi connectivity index (χ0n) is 7.29. The molecule has 0 saturated heterocycles. The molecule has 0 aromatic carbocycles. The molecule has 0 spiro atoms. The quantitative estimate of drug-likeness (QED) is 0.667. The predicted octanol–water partition coefficient (Wildman–Crippen LogP) is 0.826. The maximum Gasteiger partial charge on any atom is 0.176 e. The van der Waals surface area contributed by atoms with Gasteiger partial charge in [0.05, 0.1) is 6.61 Å². The first-order valence-corrected chi connectivity index (χ1v) is 3.93. The first kappa shape index (κ1) is 10.2. The average molecular weight is 190 g/mol. The van der Waals surface area contributed by atoms with Crippen molar-refractivity contribution in [2.75, 3.05) is 6.61 Å². The normalized spacial score (nSPS) is 8.64. The van der Waals surface area contributed by atoms with E-state index in [0.29, 0.717) is 12.0 Å². The summed E-state index contributed by atoms with van der Waals surface area (Å²) in [6.07, 6.45) is 1.66. The Balaban J connectivity index is 2.89. The zero-order valence-corrected chi connectivity index (χ0v) is 7.29. The van der Waals surface area contributed by atoms with Gasteiger partial charge in [0.15, 0.2) is 11.5 Å². The monoisotopic (exact) mass is 190 g/mol. The van der Waals surface area contributed by atoms with Crippen molar-refractivity contribution in [2.24, 2.45) is 0 Å². The Bertz CT molecular complexity index is 426. The van der Waals surface area contributed by atoms with Crippen LogP contribution in [0.4, 0.5) is 4.39 Å². The maximum absolute atomic E-state index is 13.0. The van der Waals surface area contributed by atoms with E-state index in [0.717, 1.165) is 6.07 Å². The molecule has 14 heavy (non-hydrogen) atoms. The molecule has 0 aliphatic rings. The number of pyridine rings is 1. The van der Waals surface area contributed by atoms with Crippen LogP contribution in [0, 0.1) is 29.0 Å². The number of hydrogen-bond acceptors (Lipinski definition) is 3. The molecule has 0 unspecified atom stereocenters. The van der Waals surface area contributed by atoms with Crippen LogP contribution in [0.2, 0.25) is 0 Å². The average Bonchev–Trinajstić information content (AvgIpc) is 2.18. The van der Waals surface area contributed by atoms with Crippen LogP contribution in [0.5, 0.6) is 0 Å². The summed E-state index contributed by atoms with van der Waals surface area (Å²) < 4.78 is 13.0. The van der Waals surface area contributed by atoms with Crippen LogP contribution in [0.3, 0.4) is 0 Å². The summed E-state index contributed by atoms with van der Waals surface area (Å²) in [6.45, 7) is -0.0286. The van der Waals surface area contributed by atoms with E-state index in [2.05, 4.69) is 16.8 Å². The molecule has 1 aromatic heterocycles. The SMILES string of the molecule is N#Cc1ncc(C#CCCO)cc1F. The second kappa shape index (κ2) is 4.96. The molecular formula is C10H7FN2O. The fraction of sp³-hybridized carbons (Fsp3) is 0.200. The second-order valence-electron chi connectivity index (χ2n) is 2.44. The van der Waals surface area contributed by atoms with E-state index in [1.165, 1.54) is 6.20 Å². The molecule has 4 heteroatoms. The first-order valence-electron chi connectivity index (χ1n) is 3.93. The minimum atomic E-state index is -0.678. The lowest BCUT2D eigenvalue weighted by molar-refractivity contribution is 0.305. The highest BCUT2D eigenvalue weighted by atomic mass is 19.1. The molecule has 1 aromatic rings. The van der Waals surface area contributed by atoms with Gasteiger partial charge < -0.3 is 5.11 Å². The number of halogens is 1. The first-order chi connectivity index (χ1) is 6.77. The van der Waals surface area contributed by atoms with Crippen LogP contribution in [-0.2, 0) is 0 Å². The number of rotatable bonds is 1. The van der Waals surface area contributed by atoms with E-state index in [9.17, 15) is 4.39 Å². The van der Waals surface area contributed by atoms with Gasteiger partial charge in [-0.15, -0.1) is 0 Å². The van der Waals surface area contributed by atoms with Crippen molar-refractivity contribution in [3.63, 3.8) is 0 Å². The molecule has 0 bridgehead atoms. The van der Waals surface area contributed by atoms with Crippen LogP contribution in [0.1, 0.15) is 17.7 Å². The highest BCUT2D eigenvalue weighted by Crippen LogP contribution is 2.04. The van der Waals surface area contributed by atoms with Crippen LogP contribution < -0.4 is 0 Å². The molecule has 1 N–H and O–H groups in total. The lowest BCUT2D eigenvalue weighted by Crippen LogP contribution is -1.90. The van der Waals surface area contributed by atoms with Crippen molar-refractivity contribution in [3.8, 4) is 17.9 Å². The molecule has 0 atom stereocenters. The highest BCUT2D eigenvalue weighted by molar-refractivity contribution is 5.35. The minimum absolute atomic E-state index is 0.0286. The van der Waals surface area contributed by atoms with Gasteiger partial charge in [-0.05, 0) is 6.07 Å².